The largest absolute Gasteiger partial charge is 0.388 e. The van der Waals surface area contributed by atoms with Crippen LogP contribution >= 0.6 is 0 Å². The molecule has 1 N–H and O–H groups in total. The van der Waals surface area contributed by atoms with Gasteiger partial charge in [-0.15, -0.1) is 0 Å². The summed E-state index contributed by atoms with van der Waals surface area (Å²) in [6.45, 7) is 4.64. The first-order chi connectivity index (χ1) is 20.0. The lowest BCUT2D eigenvalue weighted by Gasteiger charge is -2.52. The number of hydrogen-bond acceptors (Lipinski definition) is 6. The summed E-state index contributed by atoms with van der Waals surface area (Å²) in [4.78, 5) is 34.9. The predicted octanol–water partition coefficient (Wildman–Crippen LogP) is 4.14. The van der Waals surface area contributed by atoms with Crippen LogP contribution in [-0.4, -0.2) is 72.9 Å². The minimum absolute atomic E-state index is 0.0201. The molecule has 0 unspecified atom stereocenters. The quantitative estimate of drug-likeness (QED) is 0.488. The Morgan fingerprint density at radius 3 is 2.19 bits per heavy atom. The summed E-state index contributed by atoms with van der Waals surface area (Å²) in [5.41, 5.74) is 0.451. The predicted molar refractivity (Wildman–Crippen MR) is 154 cm³/mol. The molecule has 1 amide bonds. The zero-order chi connectivity index (χ0) is 29.3. The van der Waals surface area contributed by atoms with E-state index in [1.54, 1.807) is 4.68 Å². The second kappa shape index (κ2) is 9.59. The number of amides is 1. The van der Waals surface area contributed by atoms with Crippen molar-refractivity contribution < 1.29 is 18.7 Å². The normalized spacial score (nSPS) is 23.9. The summed E-state index contributed by atoms with van der Waals surface area (Å²) >= 11 is 0. The lowest BCUT2D eigenvalue weighted by atomic mass is 9.61. The van der Waals surface area contributed by atoms with Gasteiger partial charge in [-0.2, -0.15) is 5.10 Å². The lowest BCUT2D eigenvalue weighted by Crippen LogP contribution is -2.54. The number of nitrogens with zero attached hydrogens (tertiary/aromatic N) is 6. The highest BCUT2D eigenvalue weighted by Crippen LogP contribution is 2.57. The molecule has 4 aliphatic rings. The first-order valence-corrected chi connectivity index (χ1v) is 15.2. The summed E-state index contributed by atoms with van der Waals surface area (Å²) in [5, 5.41) is 16.1. The Balaban J connectivity index is 1.01. The van der Waals surface area contributed by atoms with Gasteiger partial charge in [0.25, 0.3) is 5.56 Å². The zero-order valence-corrected chi connectivity index (χ0v) is 24.1. The van der Waals surface area contributed by atoms with E-state index in [0.717, 1.165) is 56.6 Å². The Morgan fingerprint density at radius 1 is 0.952 bits per heavy atom. The van der Waals surface area contributed by atoms with Crippen molar-refractivity contribution >= 4 is 22.6 Å². The molecule has 4 heterocycles. The van der Waals surface area contributed by atoms with E-state index in [1.807, 2.05) is 36.1 Å². The number of halogens is 2. The second-order valence-electron chi connectivity index (χ2n) is 13.6. The van der Waals surface area contributed by atoms with Crippen LogP contribution in [0.3, 0.4) is 0 Å². The Hall–Kier alpha value is -3.34. The van der Waals surface area contributed by atoms with E-state index in [9.17, 15) is 23.5 Å². The second-order valence-corrected chi connectivity index (χ2v) is 13.6. The van der Waals surface area contributed by atoms with Crippen LogP contribution in [0.1, 0.15) is 64.7 Å². The van der Waals surface area contributed by atoms with E-state index in [2.05, 4.69) is 15.0 Å². The monoisotopic (exact) mass is 580 g/mol. The Bertz CT molecular complexity index is 1550. The summed E-state index contributed by atoms with van der Waals surface area (Å²) in [7, 11) is 0. The fraction of sp³-hybridized carbons (Fsp3) is 0.613. The molecule has 0 radical (unpaired) electrons. The average Bonchev–Trinajstić information content (AvgIpc) is 3.38. The number of anilines is 1. The third-order valence-corrected chi connectivity index (χ3v) is 10.5. The van der Waals surface area contributed by atoms with E-state index < -0.39 is 11.5 Å². The van der Waals surface area contributed by atoms with Crippen LogP contribution in [0, 0.1) is 10.8 Å². The smallest absolute Gasteiger partial charge is 0.264 e. The average molecular weight is 581 g/mol. The van der Waals surface area contributed by atoms with Gasteiger partial charge >= 0.3 is 0 Å². The molecule has 1 spiro atoms. The Kier molecular flexibility index (Phi) is 6.27. The molecule has 9 nitrogen and oxygen atoms in total. The molecule has 1 aromatic carbocycles. The van der Waals surface area contributed by atoms with Crippen molar-refractivity contribution in [1.82, 2.24) is 24.2 Å². The number of piperidine rings is 2. The fourth-order valence-electron chi connectivity index (χ4n) is 7.60. The standard InChI is InChI=1S/C31H38F2N6O3/c1-28(7-2-8-28)27(41)37-15-11-30(42,12-16-37)20-38-21-34-25-24(26(38)40)17-35-39(25)23-5-3-22(4-6-23)36-13-9-29(10-14-36)18-31(32,33)19-29/h3-6,17,21,42H,2,7-16,18-20H2,1H3. The summed E-state index contributed by atoms with van der Waals surface area (Å²) < 4.78 is 30.0. The molecule has 42 heavy (non-hydrogen) atoms. The first-order valence-electron chi connectivity index (χ1n) is 15.2. The van der Waals surface area contributed by atoms with Gasteiger partial charge in [0, 0.05) is 50.1 Å². The molecule has 0 atom stereocenters. The number of likely N-dealkylation sites (tertiary alicyclic amines) is 1. The molecular formula is C31H38F2N6O3. The van der Waals surface area contributed by atoms with E-state index in [0.29, 0.717) is 37.0 Å². The molecule has 0 bridgehead atoms. The number of hydrogen-bond donors (Lipinski definition) is 1. The van der Waals surface area contributed by atoms with Crippen LogP contribution in [-0.2, 0) is 11.3 Å². The van der Waals surface area contributed by atoms with Crippen molar-refractivity contribution in [2.24, 2.45) is 10.8 Å². The number of carbonyl (C=O) groups excluding carboxylic acids is 1. The summed E-state index contributed by atoms with van der Waals surface area (Å²) in [6, 6.07) is 7.85. The number of aromatic nitrogens is 4. The molecule has 2 aromatic heterocycles. The number of benzene rings is 1. The molecule has 7 rings (SSSR count). The van der Waals surface area contributed by atoms with Gasteiger partial charge in [-0.05, 0) is 68.2 Å². The van der Waals surface area contributed by atoms with Crippen molar-refractivity contribution in [3.8, 4) is 5.69 Å². The molecule has 3 aromatic rings. The van der Waals surface area contributed by atoms with Crippen LogP contribution in [0.15, 0.2) is 41.6 Å². The first kappa shape index (κ1) is 27.5. The van der Waals surface area contributed by atoms with Gasteiger partial charge in [0.2, 0.25) is 11.8 Å². The highest BCUT2D eigenvalue weighted by Gasteiger charge is 2.56. The third kappa shape index (κ3) is 4.69. The topological polar surface area (TPSA) is 96.5 Å². The number of carbonyl (C=O) groups is 1. The van der Waals surface area contributed by atoms with Gasteiger partial charge in [0.1, 0.15) is 11.7 Å². The highest BCUT2D eigenvalue weighted by atomic mass is 19.3. The molecular weight excluding hydrogens is 542 g/mol. The van der Waals surface area contributed by atoms with Gasteiger partial charge in [0.05, 0.1) is 24.0 Å². The maximum atomic E-state index is 13.5. The number of aliphatic hydroxyl groups is 1. The number of rotatable bonds is 5. The van der Waals surface area contributed by atoms with Crippen molar-refractivity contribution in [3.63, 3.8) is 0 Å². The minimum Gasteiger partial charge on any atom is -0.388 e. The lowest BCUT2D eigenvalue weighted by molar-refractivity contribution is -0.168. The van der Waals surface area contributed by atoms with E-state index in [-0.39, 0.29) is 41.7 Å². The molecule has 2 saturated heterocycles. The van der Waals surface area contributed by atoms with Crippen molar-refractivity contribution in [1.29, 1.82) is 0 Å². The fourth-order valence-corrected chi connectivity index (χ4v) is 7.60. The summed E-state index contributed by atoms with van der Waals surface area (Å²) in [5.74, 6) is -2.30. The van der Waals surface area contributed by atoms with Gasteiger partial charge in [-0.1, -0.05) is 13.3 Å². The van der Waals surface area contributed by atoms with E-state index in [1.165, 1.54) is 17.1 Å². The number of alkyl halides is 2. The molecule has 2 aliphatic carbocycles. The SMILES string of the molecule is CC1(C(=O)N2CCC(O)(Cn3cnc4c(cnn4-c4ccc(N5CCC6(CC5)CC(F)(F)C6)cc4)c3=O)CC2)CCC1. The van der Waals surface area contributed by atoms with Crippen molar-refractivity contribution in [2.45, 2.75) is 82.8 Å². The maximum absolute atomic E-state index is 13.5. The summed E-state index contributed by atoms with van der Waals surface area (Å²) in [6.07, 6.45) is 8.36. The Morgan fingerprint density at radius 2 is 1.60 bits per heavy atom. The number of fused-ring (bicyclic) bond motifs is 1. The van der Waals surface area contributed by atoms with Gasteiger partial charge in [0.15, 0.2) is 5.65 Å². The van der Waals surface area contributed by atoms with Crippen LogP contribution < -0.4 is 10.5 Å². The van der Waals surface area contributed by atoms with Gasteiger partial charge in [-0.25, -0.2) is 18.4 Å². The highest BCUT2D eigenvalue weighted by molar-refractivity contribution is 5.83. The van der Waals surface area contributed by atoms with Crippen molar-refractivity contribution in [2.75, 3.05) is 31.1 Å². The van der Waals surface area contributed by atoms with Gasteiger partial charge < -0.3 is 14.9 Å². The van der Waals surface area contributed by atoms with E-state index in [4.69, 9.17) is 0 Å². The van der Waals surface area contributed by atoms with Crippen molar-refractivity contribution in [3.05, 3.63) is 47.1 Å². The molecule has 11 heteroatoms. The zero-order valence-electron chi connectivity index (χ0n) is 24.1. The third-order valence-electron chi connectivity index (χ3n) is 10.5. The molecule has 224 valence electrons. The van der Waals surface area contributed by atoms with Crippen LogP contribution in [0.2, 0.25) is 0 Å². The maximum Gasteiger partial charge on any atom is 0.264 e. The molecule has 2 saturated carbocycles. The van der Waals surface area contributed by atoms with Crippen LogP contribution in [0.4, 0.5) is 14.5 Å². The van der Waals surface area contributed by atoms with Crippen LogP contribution in [0.25, 0.3) is 16.7 Å². The Labute approximate surface area is 243 Å². The minimum atomic E-state index is -2.49. The van der Waals surface area contributed by atoms with Crippen LogP contribution in [0.5, 0.6) is 0 Å². The van der Waals surface area contributed by atoms with Gasteiger partial charge in [-0.3, -0.25) is 14.2 Å². The van der Waals surface area contributed by atoms with E-state index >= 15 is 0 Å². The molecule has 4 fully saturated rings. The molecule has 2 aliphatic heterocycles.